The molecule has 1 atom stereocenters. The predicted molar refractivity (Wildman–Crippen MR) is 77.8 cm³/mol. The minimum absolute atomic E-state index is 0.0159. The van der Waals surface area contributed by atoms with Crippen LogP contribution < -0.4 is 5.32 Å². The van der Waals surface area contributed by atoms with Gasteiger partial charge in [0.15, 0.2) is 5.78 Å². The maximum absolute atomic E-state index is 12.2. The molecule has 21 heavy (non-hydrogen) atoms. The molecule has 1 aromatic heterocycles. The Morgan fingerprint density at radius 2 is 2.29 bits per heavy atom. The first-order valence-electron chi connectivity index (χ1n) is 7.38. The van der Waals surface area contributed by atoms with Crippen molar-refractivity contribution in [3.05, 3.63) is 29.9 Å². The molecule has 112 valence electrons. The summed E-state index contributed by atoms with van der Waals surface area (Å²) in [6.07, 6.45) is 6.38. The first-order chi connectivity index (χ1) is 10.1. The van der Waals surface area contributed by atoms with Gasteiger partial charge in [-0.2, -0.15) is 0 Å². The molecule has 6 nitrogen and oxygen atoms in total. The van der Waals surface area contributed by atoms with E-state index in [1.165, 1.54) is 0 Å². The van der Waals surface area contributed by atoms with Crippen LogP contribution in [0.3, 0.4) is 0 Å². The van der Waals surface area contributed by atoms with E-state index in [9.17, 15) is 9.59 Å². The van der Waals surface area contributed by atoms with Gasteiger partial charge in [-0.15, -0.1) is 0 Å². The summed E-state index contributed by atoms with van der Waals surface area (Å²) in [6.45, 7) is 5.25. The maximum Gasteiger partial charge on any atom is 0.246 e. The number of hydrogen-bond donors (Lipinski definition) is 1. The van der Waals surface area contributed by atoms with Crippen LogP contribution in [0, 0.1) is 5.92 Å². The van der Waals surface area contributed by atoms with Gasteiger partial charge in [0.1, 0.15) is 11.5 Å². The molecule has 0 aromatic carbocycles. The summed E-state index contributed by atoms with van der Waals surface area (Å²) in [5, 5.41) is 3.28. The van der Waals surface area contributed by atoms with Crippen LogP contribution in [0.15, 0.2) is 18.3 Å². The fraction of sp³-hybridized carbons (Fsp3) is 0.533. The molecule has 0 aliphatic carbocycles. The lowest BCUT2D eigenvalue weighted by atomic mass is 10.1. The molecule has 2 aliphatic rings. The van der Waals surface area contributed by atoms with Gasteiger partial charge in [-0.1, -0.05) is 6.08 Å². The van der Waals surface area contributed by atoms with Crippen LogP contribution in [-0.4, -0.2) is 45.8 Å². The van der Waals surface area contributed by atoms with Crippen molar-refractivity contribution in [3.8, 4) is 0 Å². The van der Waals surface area contributed by atoms with Gasteiger partial charge in [-0.05, 0) is 25.0 Å². The second-order valence-corrected chi connectivity index (χ2v) is 5.64. The van der Waals surface area contributed by atoms with E-state index in [-0.39, 0.29) is 11.7 Å². The normalized spacial score (nSPS) is 21.8. The second kappa shape index (κ2) is 5.81. The van der Waals surface area contributed by atoms with Gasteiger partial charge < -0.3 is 14.8 Å². The lowest BCUT2D eigenvalue weighted by molar-refractivity contribution is -0.127. The highest BCUT2D eigenvalue weighted by Gasteiger charge is 2.23. The summed E-state index contributed by atoms with van der Waals surface area (Å²) in [6, 6.07) is 0. The molecule has 6 heteroatoms. The molecule has 0 radical (unpaired) electrons. The fourth-order valence-electron chi connectivity index (χ4n) is 2.89. The van der Waals surface area contributed by atoms with Crippen molar-refractivity contribution in [2.75, 3.05) is 19.6 Å². The first-order valence-corrected chi connectivity index (χ1v) is 7.38. The van der Waals surface area contributed by atoms with Crippen LogP contribution in [0.4, 0.5) is 0 Å². The Balaban J connectivity index is 1.65. The third-order valence-electron chi connectivity index (χ3n) is 4.15. The van der Waals surface area contributed by atoms with Crippen LogP contribution in [0.5, 0.6) is 0 Å². The van der Waals surface area contributed by atoms with Crippen molar-refractivity contribution < 1.29 is 9.59 Å². The fourth-order valence-corrected chi connectivity index (χ4v) is 2.89. The van der Waals surface area contributed by atoms with Crippen molar-refractivity contribution >= 4 is 11.7 Å². The number of ketones is 1. The van der Waals surface area contributed by atoms with Crippen molar-refractivity contribution in [2.24, 2.45) is 5.92 Å². The molecule has 0 saturated carbocycles. The third kappa shape index (κ3) is 2.90. The highest BCUT2D eigenvalue weighted by molar-refractivity contribution is 5.92. The van der Waals surface area contributed by atoms with E-state index in [1.54, 1.807) is 24.1 Å². The molecule has 3 heterocycles. The SMILES string of the molecule is CC(=O)c1cnc2n1CCN(C(=O)/C=C/C1CCNC1)C2. The predicted octanol–water partition coefficient (Wildman–Crippen LogP) is 0.594. The molecule has 1 N–H and O–H groups in total. The van der Waals surface area contributed by atoms with Gasteiger partial charge in [-0.3, -0.25) is 9.59 Å². The number of hydrogen-bond acceptors (Lipinski definition) is 4. The van der Waals surface area contributed by atoms with E-state index >= 15 is 0 Å². The van der Waals surface area contributed by atoms with E-state index < -0.39 is 0 Å². The molecular weight excluding hydrogens is 268 g/mol. The molecular formula is C15H20N4O2. The summed E-state index contributed by atoms with van der Waals surface area (Å²) in [5.41, 5.74) is 0.629. The van der Waals surface area contributed by atoms with Crippen molar-refractivity contribution in [1.82, 2.24) is 19.8 Å². The number of nitrogens with one attached hydrogen (secondary N) is 1. The van der Waals surface area contributed by atoms with E-state index in [4.69, 9.17) is 0 Å². The first kappa shape index (κ1) is 14.0. The van der Waals surface area contributed by atoms with Gasteiger partial charge in [-0.25, -0.2) is 4.98 Å². The number of nitrogens with zero attached hydrogens (tertiary/aromatic N) is 3. The van der Waals surface area contributed by atoms with Crippen LogP contribution in [0.25, 0.3) is 0 Å². The monoisotopic (exact) mass is 288 g/mol. The number of amides is 1. The second-order valence-electron chi connectivity index (χ2n) is 5.64. The van der Waals surface area contributed by atoms with Crippen LogP contribution in [-0.2, 0) is 17.9 Å². The topological polar surface area (TPSA) is 67.2 Å². The molecule has 1 amide bonds. The average molecular weight is 288 g/mol. The Hall–Kier alpha value is -1.95. The minimum Gasteiger partial charge on any atom is -0.330 e. The number of carbonyl (C=O) groups excluding carboxylic acids is 2. The zero-order valence-corrected chi connectivity index (χ0v) is 12.2. The van der Waals surface area contributed by atoms with Crippen molar-refractivity contribution in [2.45, 2.75) is 26.4 Å². The van der Waals surface area contributed by atoms with Crippen molar-refractivity contribution in [3.63, 3.8) is 0 Å². The zero-order valence-electron chi connectivity index (χ0n) is 12.2. The highest BCUT2D eigenvalue weighted by Crippen LogP contribution is 2.16. The lowest BCUT2D eigenvalue weighted by Gasteiger charge is -2.27. The number of aromatic nitrogens is 2. The van der Waals surface area contributed by atoms with Crippen LogP contribution in [0.2, 0.25) is 0 Å². The van der Waals surface area contributed by atoms with E-state index in [0.29, 0.717) is 31.2 Å². The van der Waals surface area contributed by atoms with Crippen LogP contribution in [0.1, 0.15) is 29.7 Å². The van der Waals surface area contributed by atoms with Gasteiger partial charge in [0.05, 0.1) is 12.7 Å². The minimum atomic E-state index is 0.0159. The maximum atomic E-state index is 12.2. The Morgan fingerprint density at radius 1 is 1.43 bits per heavy atom. The number of carbonyl (C=O) groups is 2. The largest absolute Gasteiger partial charge is 0.330 e. The third-order valence-corrected chi connectivity index (χ3v) is 4.15. The van der Waals surface area contributed by atoms with Gasteiger partial charge in [0.25, 0.3) is 0 Å². The number of rotatable bonds is 3. The lowest BCUT2D eigenvalue weighted by Crippen LogP contribution is -2.38. The summed E-state index contributed by atoms with van der Waals surface area (Å²) in [4.78, 5) is 29.8. The number of fused-ring (bicyclic) bond motifs is 1. The summed E-state index contributed by atoms with van der Waals surface area (Å²) in [7, 11) is 0. The summed E-state index contributed by atoms with van der Waals surface area (Å²) >= 11 is 0. The molecule has 1 aromatic rings. The highest BCUT2D eigenvalue weighted by atomic mass is 16.2. The molecule has 2 aliphatic heterocycles. The Morgan fingerprint density at radius 3 is 3.00 bits per heavy atom. The van der Waals surface area contributed by atoms with E-state index in [2.05, 4.69) is 10.3 Å². The molecule has 1 saturated heterocycles. The summed E-state index contributed by atoms with van der Waals surface area (Å²) in [5.74, 6) is 1.29. The quantitative estimate of drug-likeness (QED) is 0.653. The zero-order chi connectivity index (χ0) is 14.8. The molecule has 1 unspecified atom stereocenters. The van der Waals surface area contributed by atoms with E-state index in [1.807, 2.05) is 10.6 Å². The number of imidazole rings is 1. The van der Waals surface area contributed by atoms with Crippen LogP contribution >= 0.6 is 0 Å². The molecule has 1 fully saturated rings. The van der Waals surface area contributed by atoms with Gasteiger partial charge in [0.2, 0.25) is 5.91 Å². The molecule has 3 rings (SSSR count). The average Bonchev–Trinajstić information content (AvgIpc) is 3.13. The Bertz CT molecular complexity index is 584. The van der Waals surface area contributed by atoms with Gasteiger partial charge in [0, 0.05) is 26.6 Å². The Kier molecular flexibility index (Phi) is 3.88. The molecule has 0 spiro atoms. The standard InChI is InChI=1S/C15H20N4O2/c1-11(20)13-9-17-14-10-18(6-7-19(13)14)15(21)3-2-12-4-5-16-8-12/h2-3,9,12,16H,4-8,10H2,1H3/b3-2+. The van der Waals surface area contributed by atoms with E-state index in [0.717, 1.165) is 25.3 Å². The van der Waals surface area contributed by atoms with Gasteiger partial charge >= 0.3 is 0 Å². The Labute approximate surface area is 123 Å². The number of Topliss-reactive ketones (excluding diaryl/α,β-unsaturated/α-hetero) is 1. The smallest absolute Gasteiger partial charge is 0.246 e. The summed E-state index contributed by atoms with van der Waals surface area (Å²) < 4.78 is 1.91. The van der Waals surface area contributed by atoms with Crippen molar-refractivity contribution in [1.29, 1.82) is 0 Å². The molecule has 0 bridgehead atoms.